The highest BCUT2D eigenvalue weighted by atomic mass is 32.1. The topological polar surface area (TPSA) is 31.6 Å². The van der Waals surface area contributed by atoms with Crippen LogP contribution in [0.3, 0.4) is 0 Å². The molecule has 4 aromatic heterocycles. The van der Waals surface area contributed by atoms with Gasteiger partial charge in [0.2, 0.25) is 0 Å². The van der Waals surface area contributed by atoms with E-state index < -0.39 is 0 Å². The van der Waals surface area contributed by atoms with Gasteiger partial charge in [0.1, 0.15) is 0 Å². The van der Waals surface area contributed by atoms with Crippen molar-refractivity contribution in [2.24, 2.45) is 0 Å². The number of hydrogen-bond acceptors (Lipinski definition) is 2. The van der Waals surface area contributed by atoms with Gasteiger partial charge in [-0.1, -0.05) is 27.7 Å². The summed E-state index contributed by atoms with van der Waals surface area (Å²) in [5.74, 6) is 0. The van der Waals surface area contributed by atoms with Crippen LogP contribution in [0.4, 0.5) is 4.39 Å². The Morgan fingerprint density at radius 3 is 1.62 bits per heavy atom. The maximum atomic E-state index is 12.5. The van der Waals surface area contributed by atoms with Gasteiger partial charge >= 0.3 is 0 Å². The van der Waals surface area contributed by atoms with Gasteiger partial charge in [0.15, 0.2) is 5.13 Å². The minimum absolute atomic E-state index is 0.144. The van der Waals surface area contributed by atoms with Crippen molar-refractivity contribution in [1.29, 1.82) is 0 Å². The number of halogens is 1. The molecule has 2 nitrogen and oxygen atoms in total. The molecule has 2 N–H and O–H groups in total. The third kappa shape index (κ3) is 6.65. The van der Waals surface area contributed by atoms with Crippen molar-refractivity contribution in [3.05, 3.63) is 69.6 Å². The average molecular weight is 391 g/mol. The zero-order chi connectivity index (χ0) is 19.4. The van der Waals surface area contributed by atoms with Crippen LogP contribution in [0.1, 0.15) is 32.6 Å². The summed E-state index contributed by atoms with van der Waals surface area (Å²) < 4.78 is 12.5. The molecule has 0 radical (unpaired) electrons. The summed E-state index contributed by atoms with van der Waals surface area (Å²) >= 11 is 2.90. The molecule has 0 saturated carbocycles. The van der Waals surface area contributed by atoms with Crippen molar-refractivity contribution in [3.8, 4) is 22.5 Å². The fraction of sp³-hybridized carbons (Fsp3) is 0.238. The van der Waals surface area contributed by atoms with Crippen molar-refractivity contribution in [2.45, 2.75) is 34.6 Å². The predicted molar refractivity (Wildman–Crippen MR) is 116 cm³/mol. The molecule has 140 valence electrons. The van der Waals surface area contributed by atoms with Crippen LogP contribution in [0.2, 0.25) is 0 Å². The molecule has 0 bridgehead atoms. The SMILES string of the molecule is CC.CC.Cc1cc(-c2ccc[nH]2)cs1.Fc1cc(-c2ccc[nH]2)cs1. The first-order chi connectivity index (χ1) is 12.7. The zero-order valence-electron chi connectivity index (χ0n) is 16.0. The van der Waals surface area contributed by atoms with E-state index >= 15 is 0 Å². The lowest BCUT2D eigenvalue weighted by Gasteiger charge is -1.88. The summed E-state index contributed by atoms with van der Waals surface area (Å²) in [5.41, 5.74) is 4.37. The summed E-state index contributed by atoms with van der Waals surface area (Å²) in [6.07, 6.45) is 3.77. The quantitative estimate of drug-likeness (QED) is 0.347. The van der Waals surface area contributed by atoms with Crippen LogP contribution in [0.15, 0.2) is 59.6 Å². The lowest BCUT2D eigenvalue weighted by atomic mass is 10.2. The first kappa shape index (κ1) is 21.9. The molecule has 0 amide bonds. The number of rotatable bonds is 2. The van der Waals surface area contributed by atoms with E-state index in [4.69, 9.17) is 0 Å². The van der Waals surface area contributed by atoms with Crippen molar-refractivity contribution >= 4 is 22.7 Å². The maximum absolute atomic E-state index is 12.5. The van der Waals surface area contributed by atoms with E-state index in [1.54, 1.807) is 16.7 Å². The monoisotopic (exact) mass is 390 g/mol. The highest BCUT2D eigenvalue weighted by Crippen LogP contribution is 2.23. The molecule has 4 heterocycles. The number of hydrogen-bond donors (Lipinski definition) is 2. The average Bonchev–Trinajstić information content (AvgIpc) is 3.46. The van der Waals surface area contributed by atoms with E-state index in [-0.39, 0.29) is 5.13 Å². The van der Waals surface area contributed by atoms with Crippen LogP contribution in [-0.4, -0.2) is 9.97 Å². The smallest absolute Gasteiger partial charge is 0.177 e. The van der Waals surface area contributed by atoms with E-state index in [1.165, 1.54) is 22.2 Å². The van der Waals surface area contributed by atoms with Gasteiger partial charge in [-0.25, -0.2) is 0 Å². The van der Waals surface area contributed by atoms with Crippen LogP contribution in [0.5, 0.6) is 0 Å². The van der Waals surface area contributed by atoms with E-state index in [1.807, 2.05) is 58.3 Å². The molecule has 26 heavy (non-hydrogen) atoms. The van der Waals surface area contributed by atoms with Gasteiger partial charge in [-0.05, 0) is 43.3 Å². The van der Waals surface area contributed by atoms with Gasteiger partial charge in [0.25, 0.3) is 0 Å². The Morgan fingerprint density at radius 1 is 0.769 bits per heavy atom. The first-order valence-electron chi connectivity index (χ1n) is 8.79. The summed E-state index contributed by atoms with van der Waals surface area (Å²) in [7, 11) is 0. The third-order valence-electron chi connectivity index (χ3n) is 3.12. The lowest BCUT2D eigenvalue weighted by Crippen LogP contribution is -1.69. The number of aromatic amines is 2. The van der Waals surface area contributed by atoms with Crippen molar-refractivity contribution in [1.82, 2.24) is 9.97 Å². The normalized spacial score (nSPS) is 9.15. The Balaban J connectivity index is 0.000000219. The van der Waals surface area contributed by atoms with Crippen LogP contribution >= 0.6 is 22.7 Å². The number of H-pyrrole nitrogens is 2. The van der Waals surface area contributed by atoms with Crippen LogP contribution in [0.25, 0.3) is 22.5 Å². The Bertz CT molecular complexity index is 742. The highest BCUT2D eigenvalue weighted by molar-refractivity contribution is 7.10. The summed E-state index contributed by atoms with van der Waals surface area (Å²) in [5, 5.41) is 3.82. The lowest BCUT2D eigenvalue weighted by molar-refractivity contribution is 0.657. The molecule has 0 aliphatic heterocycles. The van der Waals surface area contributed by atoms with E-state index in [2.05, 4.69) is 34.4 Å². The van der Waals surface area contributed by atoms with Gasteiger partial charge in [-0.3, -0.25) is 0 Å². The van der Waals surface area contributed by atoms with Gasteiger partial charge in [-0.15, -0.1) is 22.7 Å². The summed E-state index contributed by atoms with van der Waals surface area (Å²) in [4.78, 5) is 7.54. The number of thiophene rings is 2. The van der Waals surface area contributed by atoms with Crippen LogP contribution < -0.4 is 0 Å². The third-order valence-corrected chi connectivity index (χ3v) is 4.69. The summed E-state index contributed by atoms with van der Waals surface area (Å²) in [6, 6.07) is 11.6. The molecular weight excluding hydrogens is 363 g/mol. The molecule has 0 aliphatic carbocycles. The molecule has 0 atom stereocenters. The second-order valence-corrected chi connectivity index (χ2v) is 6.73. The van der Waals surface area contributed by atoms with Crippen molar-refractivity contribution < 1.29 is 4.39 Å². The zero-order valence-corrected chi connectivity index (χ0v) is 17.6. The van der Waals surface area contributed by atoms with Crippen molar-refractivity contribution in [3.63, 3.8) is 0 Å². The molecular formula is C21H27FN2S2. The molecule has 0 fully saturated rings. The van der Waals surface area contributed by atoms with Crippen molar-refractivity contribution in [2.75, 3.05) is 0 Å². The second kappa shape index (κ2) is 12.3. The fourth-order valence-electron chi connectivity index (χ4n) is 2.06. The second-order valence-electron chi connectivity index (χ2n) is 4.75. The van der Waals surface area contributed by atoms with E-state index in [9.17, 15) is 4.39 Å². The Labute approximate surface area is 163 Å². The van der Waals surface area contributed by atoms with E-state index in [0.29, 0.717) is 0 Å². The molecule has 0 saturated heterocycles. The fourth-order valence-corrected chi connectivity index (χ4v) is 3.39. The van der Waals surface area contributed by atoms with Gasteiger partial charge < -0.3 is 9.97 Å². The first-order valence-corrected chi connectivity index (χ1v) is 10.5. The van der Waals surface area contributed by atoms with Gasteiger partial charge in [0.05, 0.1) is 0 Å². The van der Waals surface area contributed by atoms with Crippen LogP contribution in [0, 0.1) is 12.1 Å². The molecule has 4 aromatic rings. The number of nitrogens with one attached hydrogen (secondary N) is 2. The molecule has 4 rings (SSSR count). The number of aryl methyl sites for hydroxylation is 1. The maximum Gasteiger partial charge on any atom is 0.177 e. The standard InChI is InChI=1S/C9H9NS.C8H6FNS.2C2H6/c1-7-5-8(6-11-7)9-3-2-4-10-9;9-8-4-6(5-11-8)7-2-1-3-10-7;2*1-2/h2-6,10H,1H3;1-5,10H;2*1-2H3. The Morgan fingerprint density at radius 2 is 1.27 bits per heavy atom. The molecule has 5 heteroatoms. The molecule has 0 aromatic carbocycles. The molecule has 0 aliphatic rings. The Kier molecular flexibility index (Phi) is 10.4. The van der Waals surface area contributed by atoms with Gasteiger partial charge in [0, 0.05) is 50.5 Å². The molecule has 0 unspecified atom stereocenters. The Hall–Kier alpha value is -2.11. The summed E-state index contributed by atoms with van der Waals surface area (Å²) in [6.45, 7) is 10.1. The van der Waals surface area contributed by atoms with Crippen LogP contribution in [-0.2, 0) is 0 Å². The molecule has 0 spiro atoms. The minimum Gasteiger partial charge on any atom is -0.361 e. The minimum atomic E-state index is -0.144. The highest BCUT2D eigenvalue weighted by Gasteiger charge is 2.00. The van der Waals surface area contributed by atoms with Gasteiger partial charge in [-0.2, -0.15) is 4.39 Å². The number of aromatic nitrogens is 2. The van der Waals surface area contributed by atoms with E-state index in [0.717, 1.165) is 22.6 Å². The largest absolute Gasteiger partial charge is 0.361 e. The predicted octanol–water partition coefficient (Wildman–Crippen LogP) is 7.99.